The minimum Gasteiger partial charge on any atom is -0.245 e. The third-order valence-corrected chi connectivity index (χ3v) is 2.61. The summed E-state index contributed by atoms with van der Waals surface area (Å²) >= 11 is 1.70. The quantitative estimate of drug-likeness (QED) is 0.669. The summed E-state index contributed by atoms with van der Waals surface area (Å²) in [5.41, 5.74) is 1.32. The van der Waals surface area contributed by atoms with Crippen LogP contribution in [0.1, 0.15) is 26.3 Å². The number of pyridine rings is 1. The molecular formula is C11H15NS. The van der Waals surface area contributed by atoms with Crippen LogP contribution in [0.15, 0.2) is 23.7 Å². The lowest BCUT2D eigenvalue weighted by atomic mass is 10.2. The van der Waals surface area contributed by atoms with Crippen LogP contribution in [0, 0.1) is 0 Å². The van der Waals surface area contributed by atoms with Crippen molar-refractivity contribution in [1.82, 2.24) is 4.98 Å². The molecule has 0 spiro atoms. The largest absolute Gasteiger partial charge is 0.245 e. The molecule has 0 aliphatic rings. The number of fused-ring (bicyclic) bond motifs is 1. The van der Waals surface area contributed by atoms with Crippen LogP contribution in [0.5, 0.6) is 0 Å². The lowest BCUT2D eigenvalue weighted by molar-refractivity contribution is 1.12. The van der Waals surface area contributed by atoms with Crippen LogP contribution < -0.4 is 0 Å². The molecule has 1 nitrogen and oxygen atoms in total. The van der Waals surface area contributed by atoms with Gasteiger partial charge >= 0.3 is 0 Å². The van der Waals surface area contributed by atoms with E-state index in [4.69, 9.17) is 0 Å². The van der Waals surface area contributed by atoms with Gasteiger partial charge in [0.25, 0.3) is 0 Å². The summed E-state index contributed by atoms with van der Waals surface area (Å²) in [7, 11) is 0. The van der Waals surface area contributed by atoms with Crippen molar-refractivity contribution in [2.45, 2.75) is 27.2 Å². The van der Waals surface area contributed by atoms with Crippen molar-refractivity contribution in [1.29, 1.82) is 0 Å². The van der Waals surface area contributed by atoms with Crippen molar-refractivity contribution in [3.8, 4) is 0 Å². The molecule has 0 N–H and O–H groups in total. The van der Waals surface area contributed by atoms with Crippen LogP contribution in [0.2, 0.25) is 0 Å². The number of aromatic nitrogens is 1. The molecule has 0 atom stereocenters. The average molecular weight is 193 g/mol. The Kier molecular flexibility index (Phi) is 3.90. The van der Waals surface area contributed by atoms with E-state index in [1.807, 2.05) is 20.0 Å². The first-order chi connectivity index (χ1) is 6.40. The molecule has 13 heavy (non-hydrogen) atoms. The van der Waals surface area contributed by atoms with Crippen molar-refractivity contribution >= 4 is 21.6 Å². The zero-order valence-electron chi connectivity index (χ0n) is 8.37. The summed E-state index contributed by atoms with van der Waals surface area (Å²) in [6.45, 7) is 6.15. The number of hydrogen-bond acceptors (Lipinski definition) is 2. The van der Waals surface area contributed by atoms with E-state index in [1.54, 1.807) is 11.3 Å². The number of aryl methyl sites for hydroxylation is 1. The minimum absolute atomic E-state index is 1.07. The Bertz CT molecular complexity index is 365. The fraction of sp³-hybridized carbons (Fsp3) is 0.364. The molecule has 0 radical (unpaired) electrons. The zero-order chi connectivity index (χ0) is 9.68. The average Bonchev–Trinajstić information content (AvgIpc) is 2.67. The van der Waals surface area contributed by atoms with Gasteiger partial charge in [-0.15, -0.1) is 11.3 Å². The van der Waals surface area contributed by atoms with E-state index < -0.39 is 0 Å². The van der Waals surface area contributed by atoms with Gasteiger partial charge in [0.1, 0.15) is 4.83 Å². The summed E-state index contributed by atoms with van der Waals surface area (Å²) in [5, 5.41) is 3.35. The predicted octanol–water partition coefficient (Wildman–Crippen LogP) is 3.88. The lowest BCUT2D eigenvalue weighted by Crippen LogP contribution is -1.80. The summed E-state index contributed by atoms with van der Waals surface area (Å²) in [6.07, 6.45) is 3.03. The Balaban J connectivity index is 0.000000396. The van der Waals surface area contributed by atoms with Gasteiger partial charge in [0, 0.05) is 11.6 Å². The third-order valence-electron chi connectivity index (χ3n) is 1.77. The summed E-state index contributed by atoms with van der Waals surface area (Å²) in [4.78, 5) is 5.47. The fourth-order valence-corrected chi connectivity index (χ4v) is 1.82. The molecule has 0 saturated heterocycles. The van der Waals surface area contributed by atoms with Crippen molar-refractivity contribution in [3.05, 3.63) is 29.3 Å². The van der Waals surface area contributed by atoms with Crippen LogP contribution >= 0.6 is 11.3 Å². The van der Waals surface area contributed by atoms with E-state index in [2.05, 4.69) is 29.4 Å². The molecule has 0 aliphatic heterocycles. The molecule has 0 amide bonds. The maximum atomic E-state index is 4.33. The van der Waals surface area contributed by atoms with E-state index in [9.17, 15) is 0 Å². The maximum absolute atomic E-state index is 4.33. The first kappa shape index (κ1) is 10.2. The summed E-state index contributed by atoms with van der Waals surface area (Å²) < 4.78 is 0. The molecule has 2 heteroatoms. The highest BCUT2D eigenvalue weighted by Crippen LogP contribution is 2.18. The molecule has 0 fully saturated rings. The fourth-order valence-electron chi connectivity index (χ4n) is 1.10. The molecule has 2 rings (SSSR count). The second kappa shape index (κ2) is 4.97. The highest BCUT2D eigenvalue weighted by Gasteiger charge is 1.95. The zero-order valence-corrected chi connectivity index (χ0v) is 9.19. The van der Waals surface area contributed by atoms with Gasteiger partial charge in [-0.25, -0.2) is 4.98 Å². The van der Waals surface area contributed by atoms with Crippen LogP contribution in [-0.2, 0) is 6.42 Å². The van der Waals surface area contributed by atoms with Gasteiger partial charge in [-0.2, -0.15) is 0 Å². The van der Waals surface area contributed by atoms with Gasteiger partial charge in [0.05, 0.1) is 0 Å². The smallest absolute Gasteiger partial charge is 0.123 e. The molecule has 0 aliphatic carbocycles. The Morgan fingerprint density at radius 3 is 2.85 bits per heavy atom. The number of rotatable bonds is 1. The van der Waals surface area contributed by atoms with Crippen LogP contribution in [0.3, 0.4) is 0 Å². The van der Waals surface area contributed by atoms with Gasteiger partial charge in [-0.05, 0) is 29.5 Å². The highest BCUT2D eigenvalue weighted by atomic mass is 32.1. The molecule has 0 aromatic carbocycles. The predicted molar refractivity (Wildman–Crippen MR) is 60.3 cm³/mol. The van der Waals surface area contributed by atoms with Gasteiger partial charge in [0.2, 0.25) is 0 Å². The first-order valence-electron chi connectivity index (χ1n) is 4.72. The monoisotopic (exact) mass is 193 g/mol. The van der Waals surface area contributed by atoms with E-state index in [-0.39, 0.29) is 0 Å². The number of nitrogens with zero attached hydrogens (tertiary/aromatic N) is 1. The van der Waals surface area contributed by atoms with Crippen LogP contribution in [0.4, 0.5) is 0 Å². The lowest BCUT2D eigenvalue weighted by Gasteiger charge is -1.93. The maximum Gasteiger partial charge on any atom is 0.123 e. The van der Waals surface area contributed by atoms with E-state index in [0.717, 1.165) is 11.3 Å². The molecule has 2 aromatic rings. The van der Waals surface area contributed by atoms with Crippen molar-refractivity contribution in [2.24, 2.45) is 0 Å². The number of hydrogen-bond donors (Lipinski definition) is 0. The van der Waals surface area contributed by atoms with Gasteiger partial charge in [-0.3, -0.25) is 0 Å². The molecule has 0 unspecified atom stereocenters. The van der Waals surface area contributed by atoms with Crippen LogP contribution in [0.25, 0.3) is 10.2 Å². The van der Waals surface area contributed by atoms with E-state index in [0.29, 0.717) is 0 Å². The Labute approximate surface area is 83.4 Å². The first-order valence-corrected chi connectivity index (χ1v) is 5.60. The molecular weight excluding hydrogens is 178 g/mol. The molecule has 0 saturated carbocycles. The molecule has 2 aromatic heterocycles. The normalized spacial score (nSPS) is 9.46. The number of thiophene rings is 1. The second-order valence-corrected chi connectivity index (χ2v) is 3.41. The second-order valence-electron chi connectivity index (χ2n) is 2.51. The van der Waals surface area contributed by atoms with Gasteiger partial charge < -0.3 is 0 Å². The molecule has 70 valence electrons. The van der Waals surface area contributed by atoms with Gasteiger partial charge in [0.15, 0.2) is 0 Å². The SMILES string of the molecule is CC.CCc1cnc2sccc2c1. The van der Waals surface area contributed by atoms with Crippen LogP contribution in [-0.4, -0.2) is 4.98 Å². The standard InChI is InChI=1S/C9H9NS.C2H6/c1-2-7-5-8-3-4-11-9(8)10-6-7;1-2/h3-6H,2H2,1H3;1-2H3. The van der Waals surface area contributed by atoms with E-state index >= 15 is 0 Å². The highest BCUT2D eigenvalue weighted by molar-refractivity contribution is 7.16. The van der Waals surface area contributed by atoms with Crippen molar-refractivity contribution in [3.63, 3.8) is 0 Å². The Morgan fingerprint density at radius 2 is 2.15 bits per heavy atom. The van der Waals surface area contributed by atoms with Crippen molar-refractivity contribution < 1.29 is 0 Å². The Morgan fingerprint density at radius 1 is 1.38 bits per heavy atom. The summed E-state index contributed by atoms with van der Waals surface area (Å²) in [5.74, 6) is 0. The topological polar surface area (TPSA) is 12.9 Å². The minimum atomic E-state index is 1.07. The van der Waals surface area contributed by atoms with Crippen molar-refractivity contribution in [2.75, 3.05) is 0 Å². The Hall–Kier alpha value is -0.890. The summed E-state index contributed by atoms with van der Waals surface area (Å²) in [6, 6.07) is 4.32. The van der Waals surface area contributed by atoms with Gasteiger partial charge in [-0.1, -0.05) is 20.8 Å². The third kappa shape index (κ3) is 2.28. The molecule has 0 bridgehead atoms. The van der Waals surface area contributed by atoms with E-state index in [1.165, 1.54) is 10.9 Å². The molecule has 2 heterocycles.